The fraction of sp³-hybridized carbons (Fsp3) is 0.333. The van der Waals surface area contributed by atoms with E-state index in [1.54, 1.807) is 17.2 Å². The molecule has 3 N–H and O–H groups in total. The summed E-state index contributed by atoms with van der Waals surface area (Å²) in [6.07, 6.45) is 4.71. The molecule has 0 saturated heterocycles. The van der Waals surface area contributed by atoms with Crippen LogP contribution in [0.25, 0.3) is 5.65 Å². The number of thioether (sulfide) groups is 1. The summed E-state index contributed by atoms with van der Waals surface area (Å²) in [5.41, 5.74) is 3.27. The predicted octanol–water partition coefficient (Wildman–Crippen LogP) is 2.68. The standard InChI is InChI=1S/C12H14Br2N4O2S/c1-21-3-2-9-12(15-5-10(19)17-20)18-6-7(13)4-8(14)11(18)16-9/h4,6,15,20H,2-3,5H2,1H3,(H,17,19). The normalized spacial score (nSPS) is 10.9. The van der Waals surface area contributed by atoms with Crippen LogP contribution in [0.2, 0.25) is 0 Å². The quantitative estimate of drug-likeness (QED) is 0.478. The number of carbonyl (C=O) groups excluding carboxylic acids is 1. The van der Waals surface area contributed by atoms with Crippen molar-refractivity contribution in [1.29, 1.82) is 0 Å². The van der Waals surface area contributed by atoms with E-state index in [4.69, 9.17) is 5.21 Å². The molecule has 0 saturated carbocycles. The first-order chi connectivity index (χ1) is 10.1. The van der Waals surface area contributed by atoms with Crippen LogP contribution in [0.1, 0.15) is 5.69 Å². The zero-order valence-electron chi connectivity index (χ0n) is 11.2. The Hall–Kier alpha value is -0.770. The molecular weight excluding hydrogens is 424 g/mol. The first-order valence-corrected chi connectivity index (χ1v) is 9.06. The van der Waals surface area contributed by atoms with Crippen molar-refractivity contribution in [3.05, 3.63) is 26.9 Å². The summed E-state index contributed by atoms with van der Waals surface area (Å²) in [6, 6.07) is 1.92. The van der Waals surface area contributed by atoms with Crippen molar-refractivity contribution < 1.29 is 10.0 Å². The van der Waals surface area contributed by atoms with Crippen LogP contribution in [-0.4, -0.2) is 39.1 Å². The average molecular weight is 438 g/mol. The number of amides is 1. The maximum Gasteiger partial charge on any atom is 0.262 e. The first kappa shape index (κ1) is 16.6. The SMILES string of the molecule is CSCCc1nc2c(Br)cc(Br)cn2c1NCC(=O)NO. The molecule has 0 aromatic carbocycles. The minimum Gasteiger partial charge on any atom is -0.360 e. The van der Waals surface area contributed by atoms with Crippen LogP contribution >= 0.6 is 43.6 Å². The Bertz CT molecular complexity index is 662. The lowest BCUT2D eigenvalue weighted by Gasteiger charge is -2.08. The third-order valence-corrected chi connectivity index (χ3v) is 4.43. The lowest BCUT2D eigenvalue weighted by atomic mass is 10.3. The van der Waals surface area contributed by atoms with E-state index in [-0.39, 0.29) is 6.54 Å². The predicted molar refractivity (Wildman–Crippen MR) is 91.1 cm³/mol. The lowest BCUT2D eigenvalue weighted by Crippen LogP contribution is -2.27. The summed E-state index contributed by atoms with van der Waals surface area (Å²) in [5, 5.41) is 11.6. The number of halogens is 2. The zero-order chi connectivity index (χ0) is 15.4. The summed E-state index contributed by atoms with van der Waals surface area (Å²) in [7, 11) is 0. The zero-order valence-corrected chi connectivity index (χ0v) is 15.2. The molecule has 0 spiro atoms. The average Bonchev–Trinajstić information content (AvgIpc) is 2.80. The van der Waals surface area contributed by atoms with Gasteiger partial charge >= 0.3 is 0 Å². The highest BCUT2D eigenvalue weighted by Gasteiger charge is 2.15. The number of aryl methyl sites for hydroxylation is 1. The molecule has 1 amide bonds. The maximum atomic E-state index is 11.2. The van der Waals surface area contributed by atoms with Gasteiger partial charge in [0.2, 0.25) is 0 Å². The van der Waals surface area contributed by atoms with Gasteiger partial charge in [-0.05, 0) is 49.9 Å². The number of pyridine rings is 1. The van der Waals surface area contributed by atoms with E-state index < -0.39 is 5.91 Å². The Kier molecular flexibility index (Phi) is 5.91. The monoisotopic (exact) mass is 436 g/mol. The molecule has 9 heteroatoms. The van der Waals surface area contributed by atoms with E-state index in [1.807, 2.05) is 22.9 Å². The second kappa shape index (κ2) is 7.48. The molecule has 0 radical (unpaired) electrons. The Balaban J connectivity index is 2.43. The van der Waals surface area contributed by atoms with E-state index in [1.165, 1.54) is 0 Å². The van der Waals surface area contributed by atoms with Crippen LogP contribution in [0.3, 0.4) is 0 Å². The minimum absolute atomic E-state index is 0.0271. The number of aromatic nitrogens is 2. The summed E-state index contributed by atoms with van der Waals surface area (Å²) in [6.45, 7) is -0.0271. The third kappa shape index (κ3) is 3.91. The molecule has 0 aliphatic rings. The van der Waals surface area contributed by atoms with E-state index in [0.29, 0.717) is 0 Å². The van der Waals surface area contributed by atoms with Crippen LogP contribution in [0.15, 0.2) is 21.2 Å². The number of hydrogen-bond acceptors (Lipinski definition) is 5. The molecule has 2 aromatic heterocycles. The topological polar surface area (TPSA) is 78.7 Å². The minimum atomic E-state index is -0.505. The van der Waals surface area contributed by atoms with Gasteiger partial charge in [-0.2, -0.15) is 11.8 Å². The smallest absolute Gasteiger partial charge is 0.262 e. The summed E-state index contributed by atoms with van der Waals surface area (Å²) in [4.78, 5) is 15.8. The highest BCUT2D eigenvalue weighted by molar-refractivity contribution is 9.11. The van der Waals surface area contributed by atoms with Gasteiger partial charge in [-0.25, -0.2) is 10.5 Å². The summed E-state index contributed by atoms with van der Waals surface area (Å²) >= 11 is 8.67. The van der Waals surface area contributed by atoms with Crippen LogP contribution in [0.5, 0.6) is 0 Å². The van der Waals surface area contributed by atoms with E-state index in [9.17, 15) is 4.79 Å². The van der Waals surface area contributed by atoms with Gasteiger partial charge in [0.15, 0.2) is 5.65 Å². The van der Waals surface area contributed by atoms with Crippen molar-refractivity contribution in [3.8, 4) is 0 Å². The Morgan fingerprint density at radius 1 is 1.52 bits per heavy atom. The number of hydroxylamine groups is 1. The van der Waals surface area contributed by atoms with E-state index in [2.05, 4.69) is 42.2 Å². The second-order valence-electron chi connectivity index (χ2n) is 4.24. The van der Waals surface area contributed by atoms with Crippen molar-refractivity contribution in [2.24, 2.45) is 0 Å². The number of anilines is 1. The van der Waals surface area contributed by atoms with Gasteiger partial charge in [0.05, 0.1) is 16.7 Å². The fourth-order valence-electron chi connectivity index (χ4n) is 1.88. The number of fused-ring (bicyclic) bond motifs is 1. The Morgan fingerprint density at radius 3 is 2.95 bits per heavy atom. The number of nitrogens with one attached hydrogen (secondary N) is 2. The number of nitrogens with zero attached hydrogens (tertiary/aromatic N) is 2. The molecule has 0 unspecified atom stereocenters. The van der Waals surface area contributed by atoms with Gasteiger partial charge in [-0.3, -0.25) is 14.4 Å². The molecule has 6 nitrogen and oxygen atoms in total. The molecule has 0 bridgehead atoms. The molecule has 0 aliphatic heterocycles. The largest absolute Gasteiger partial charge is 0.360 e. The van der Waals surface area contributed by atoms with Crippen LogP contribution < -0.4 is 10.8 Å². The van der Waals surface area contributed by atoms with Crippen molar-refractivity contribution in [1.82, 2.24) is 14.9 Å². The Labute approximate surface area is 142 Å². The van der Waals surface area contributed by atoms with Gasteiger partial charge in [-0.15, -0.1) is 0 Å². The molecule has 2 heterocycles. The number of imidazole rings is 1. The number of hydrogen-bond donors (Lipinski definition) is 3. The van der Waals surface area contributed by atoms with Crippen molar-refractivity contribution in [2.75, 3.05) is 23.9 Å². The molecule has 2 rings (SSSR count). The van der Waals surface area contributed by atoms with Crippen LogP contribution in [0, 0.1) is 0 Å². The van der Waals surface area contributed by atoms with Gasteiger partial charge < -0.3 is 5.32 Å². The van der Waals surface area contributed by atoms with Crippen molar-refractivity contribution >= 4 is 61.0 Å². The highest BCUT2D eigenvalue weighted by Crippen LogP contribution is 2.28. The molecular formula is C12H14Br2N4O2S. The van der Waals surface area contributed by atoms with Crippen molar-refractivity contribution in [3.63, 3.8) is 0 Å². The van der Waals surface area contributed by atoms with E-state index in [0.717, 1.165) is 38.3 Å². The van der Waals surface area contributed by atoms with Crippen LogP contribution in [0.4, 0.5) is 5.82 Å². The Morgan fingerprint density at radius 2 is 2.29 bits per heavy atom. The van der Waals surface area contributed by atoms with Gasteiger partial charge in [0.1, 0.15) is 5.82 Å². The molecule has 0 fully saturated rings. The molecule has 0 atom stereocenters. The third-order valence-electron chi connectivity index (χ3n) is 2.80. The van der Waals surface area contributed by atoms with Crippen LogP contribution in [-0.2, 0) is 11.2 Å². The van der Waals surface area contributed by atoms with E-state index >= 15 is 0 Å². The molecule has 0 aliphatic carbocycles. The lowest BCUT2D eigenvalue weighted by molar-refractivity contribution is -0.127. The van der Waals surface area contributed by atoms with Crippen molar-refractivity contribution in [2.45, 2.75) is 6.42 Å². The fourth-order valence-corrected chi connectivity index (χ4v) is 3.55. The molecule has 114 valence electrons. The highest BCUT2D eigenvalue weighted by atomic mass is 79.9. The number of rotatable bonds is 6. The van der Waals surface area contributed by atoms with Gasteiger partial charge in [-0.1, -0.05) is 0 Å². The summed E-state index contributed by atoms with van der Waals surface area (Å²) in [5.74, 6) is 1.18. The molecule has 2 aromatic rings. The number of carbonyl (C=O) groups is 1. The molecule has 21 heavy (non-hydrogen) atoms. The maximum absolute atomic E-state index is 11.2. The summed E-state index contributed by atoms with van der Waals surface area (Å²) < 4.78 is 3.64. The first-order valence-electron chi connectivity index (χ1n) is 6.08. The second-order valence-corrected chi connectivity index (χ2v) is 6.99. The van der Waals surface area contributed by atoms with Gasteiger partial charge in [0.25, 0.3) is 5.91 Å². The van der Waals surface area contributed by atoms with Gasteiger partial charge in [0, 0.05) is 17.1 Å².